The molecule has 0 aliphatic carbocycles. The van der Waals surface area contributed by atoms with Gasteiger partial charge in [0.25, 0.3) is 11.8 Å². The van der Waals surface area contributed by atoms with Gasteiger partial charge in [-0.15, -0.1) is 0 Å². The number of rotatable bonds is 6. The van der Waals surface area contributed by atoms with Crippen LogP contribution in [0.15, 0.2) is 48.5 Å². The van der Waals surface area contributed by atoms with Crippen molar-refractivity contribution in [2.75, 3.05) is 6.61 Å². The molecule has 0 saturated carbocycles. The van der Waals surface area contributed by atoms with Crippen molar-refractivity contribution in [1.29, 1.82) is 0 Å². The molecule has 0 saturated heterocycles. The average molecular weight is 420 g/mol. The third kappa shape index (κ3) is 6.51. The number of halogens is 1. The van der Waals surface area contributed by atoms with E-state index >= 15 is 0 Å². The van der Waals surface area contributed by atoms with Crippen LogP contribution in [0.2, 0.25) is 5.02 Å². The Bertz CT molecular complexity index is 843. The van der Waals surface area contributed by atoms with E-state index in [9.17, 15) is 9.59 Å². The zero-order chi connectivity index (χ0) is 20.5. The number of hydrogen-bond acceptors (Lipinski definition) is 4. The Balaban J connectivity index is 1.74. The summed E-state index contributed by atoms with van der Waals surface area (Å²) in [6.45, 7) is 4.09. The fourth-order valence-corrected chi connectivity index (χ4v) is 2.65. The first-order chi connectivity index (χ1) is 13.4. The summed E-state index contributed by atoms with van der Waals surface area (Å²) < 4.78 is 5.43. The predicted octanol–water partition coefficient (Wildman–Crippen LogP) is 3.57. The van der Waals surface area contributed by atoms with E-state index in [1.54, 1.807) is 24.3 Å². The molecule has 1 unspecified atom stereocenters. The van der Waals surface area contributed by atoms with Gasteiger partial charge in [-0.1, -0.05) is 49.7 Å². The Morgan fingerprint density at radius 2 is 1.79 bits per heavy atom. The molecular weight excluding hydrogens is 398 g/mol. The van der Waals surface area contributed by atoms with Crippen molar-refractivity contribution in [3.05, 3.63) is 64.7 Å². The summed E-state index contributed by atoms with van der Waals surface area (Å²) in [6.07, 6.45) is 1.06. The van der Waals surface area contributed by atoms with Crippen molar-refractivity contribution in [3.63, 3.8) is 0 Å². The molecule has 0 radical (unpaired) electrons. The lowest BCUT2D eigenvalue weighted by Crippen LogP contribution is -2.49. The van der Waals surface area contributed by atoms with Crippen LogP contribution in [0.4, 0.5) is 0 Å². The quantitative estimate of drug-likeness (QED) is 0.492. The zero-order valence-corrected chi connectivity index (χ0v) is 17.2. The molecule has 0 fully saturated rings. The van der Waals surface area contributed by atoms with Crippen LogP contribution in [0.25, 0.3) is 0 Å². The first kappa shape index (κ1) is 21.7. The van der Waals surface area contributed by atoms with Crippen molar-refractivity contribution in [1.82, 2.24) is 16.2 Å². The molecule has 8 heteroatoms. The lowest BCUT2D eigenvalue weighted by Gasteiger charge is -2.12. The minimum absolute atomic E-state index is 0.0591. The topological polar surface area (TPSA) is 79.5 Å². The number of hydrazine groups is 1. The smallest absolute Gasteiger partial charge is 0.276 e. The van der Waals surface area contributed by atoms with Crippen LogP contribution in [-0.4, -0.2) is 23.5 Å². The van der Waals surface area contributed by atoms with Gasteiger partial charge in [-0.05, 0) is 54.4 Å². The molecule has 0 spiro atoms. The molecule has 0 heterocycles. The van der Waals surface area contributed by atoms with Gasteiger partial charge >= 0.3 is 0 Å². The minimum atomic E-state index is -0.477. The largest absolute Gasteiger partial charge is 0.484 e. The van der Waals surface area contributed by atoms with E-state index in [1.165, 1.54) is 5.56 Å². The summed E-state index contributed by atoms with van der Waals surface area (Å²) in [7, 11) is 0. The Labute approximate surface area is 174 Å². The molecule has 0 aliphatic heterocycles. The van der Waals surface area contributed by atoms with E-state index in [1.807, 2.05) is 24.3 Å². The number of thiocarbonyl (C=S) groups is 1. The standard InChI is InChI=1S/C20H22ClN3O3S/c1-3-13(2)14-8-10-15(11-9-14)27-12-18(25)23-24-20(28)22-19(26)16-6-4-5-7-17(16)21/h4-11,13H,3,12H2,1-2H3,(H,23,25)(H2,22,24,26,28). The minimum Gasteiger partial charge on any atom is -0.484 e. The Morgan fingerprint density at radius 1 is 1.11 bits per heavy atom. The lowest BCUT2D eigenvalue weighted by atomic mass is 9.99. The summed E-state index contributed by atoms with van der Waals surface area (Å²) in [5, 5.41) is 2.68. The van der Waals surface area contributed by atoms with Crippen molar-refractivity contribution in [2.45, 2.75) is 26.2 Å². The van der Waals surface area contributed by atoms with Crippen LogP contribution in [0.3, 0.4) is 0 Å². The number of ether oxygens (including phenoxy) is 1. The number of carbonyl (C=O) groups is 2. The predicted molar refractivity (Wildman–Crippen MR) is 113 cm³/mol. The Morgan fingerprint density at radius 3 is 2.43 bits per heavy atom. The monoisotopic (exact) mass is 419 g/mol. The molecule has 2 aromatic carbocycles. The number of nitrogens with one attached hydrogen (secondary N) is 3. The molecule has 0 aliphatic rings. The highest BCUT2D eigenvalue weighted by atomic mass is 35.5. The average Bonchev–Trinajstić information content (AvgIpc) is 2.70. The summed E-state index contributed by atoms with van der Waals surface area (Å²) in [6, 6.07) is 14.2. The van der Waals surface area contributed by atoms with Crippen molar-refractivity contribution >= 4 is 40.7 Å². The van der Waals surface area contributed by atoms with Crippen LogP contribution in [0, 0.1) is 0 Å². The maximum absolute atomic E-state index is 12.1. The molecule has 2 rings (SSSR count). The number of carbonyl (C=O) groups excluding carboxylic acids is 2. The van der Waals surface area contributed by atoms with Crippen LogP contribution >= 0.6 is 23.8 Å². The van der Waals surface area contributed by atoms with Crippen LogP contribution < -0.4 is 20.9 Å². The lowest BCUT2D eigenvalue weighted by molar-refractivity contribution is -0.123. The van der Waals surface area contributed by atoms with Gasteiger partial charge in [0, 0.05) is 0 Å². The van der Waals surface area contributed by atoms with Gasteiger partial charge in [0.2, 0.25) is 0 Å². The normalized spacial score (nSPS) is 11.2. The van der Waals surface area contributed by atoms with Gasteiger partial charge in [0.05, 0.1) is 10.6 Å². The number of benzene rings is 2. The highest BCUT2D eigenvalue weighted by Crippen LogP contribution is 2.21. The first-order valence-corrected chi connectivity index (χ1v) is 9.56. The zero-order valence-electron chi connectivity index (χ0n) is 15.6. The van der Waals surface area contributed by atoms with Crippen LogP contribution in [-0.2, 0) is 4.79 Å². The summed E-state index contributed by atoms with van der Waals surface area (Å²) in [5.74, 6) is 0.149. The summed E-state index contributed by atoms with van der Waals surface area (Å²) >= 11 is 10.9. The molecule has 0 aromatic heterocycles. The van der Waals surface area contributed by atoms with E-state index in [-0.39, 0.29) is 17.3 Å². The van der Waals surface area contributed by atoms with Gasteiger partial charge in [-0.3, -0.25) is 25.8 Å². The molecule has 1 atom stereocenters. The van der Waals surface area contributed by atoms with Gasteiger partial charge < -0.3 is 4.74 Å². The fourth-order valence-electron chi connectivity index (χ4n) is 2.29. The number of hydrogen-bond donors (Lipinski definition) is 3. The second-order valence-electron chi connectivity index (χ2n) is 6.10. The second kappa shape index (κ2) is 10.6. The summed E-state index contributed by atoms with van der Waals surface area (Å²) in [5.41, 5.74) is 6.31. The van der Waals surface area contributed by atoms with Crippen molar-refractivity contribution < 1.29 is 14.3 Å². The fraction of sp³-hybridized carbons (Fsp3) is 0.250. The van der Waals surface area contributed by atoms with Gasteiger partial charge in [0.1, 0.15) is 5.75 Å². The Hall–Kier alpha value is -2.64. The Kier molecular flexibility index (Phi) is 8.22. The highest BCUT2D eigenvalue weighted by molar-refractivity contribution is 7.80. The first-order valence-electron chi connectivity index (χ1n) is 8.78. The molecular formula is C20H22ClN3O3S. The third-order valence-electron chi connectivity index (χ3n) is 4.09. The summed E-state index contributed by atoms with van der Waals surface area (Å²) in [4.78, 5) is 23.9. The van der Waals surface area contributed by atoms with Crippen molar-refractivity contribution in [2.24, 2.45) is 0 Å². The molecule has 3 N–H and O–H groups in total. The van der Waals surface area contributed by atoms with Gasteiger partial charge in [0.15, 0.2) is 11.7 Å². The van der Waals surface area contributed by atoms with E-state index in [0.717, 1.165) is 6.42 Å². The molecule has 2 aromatic rings. The van der Waals surface area contributed by atoms with Crippen molar-refractivity contribution in [3.8, 4) is 5.75 Å². The van der Waals surface area contributed by atoms with E-state index in [4.69, 9.17) is 28.6 Å². The van der Waals surface area contributed by atoms with Gasteiger partial charge in [-0.25, -0.2) is 0 Å². The molecule has 148 valence electrons. The third-order valence-corrected chi connectivity index (χ3v) is 4.63. The molecule has 0 bridgehead atoms. The van der Waals surface area contributed by atoms with E-state index < -0.39 is 11.8 Å². The van der Waals surface area contributed by atoms with Gasteiger partial charge in [-0.2, -0.15) is 0 Å². The van der Waals surface area contributed by atoms with Crippen LogP contribution in [0.1, 0.15) is 42.1 Å². The molecule has 6 nitrogen and oxygen atoms in total. The maximum atomic E-state index is 12.1. The van der Waals surface area contributed by atoms with E-state index in [0.29, 0.717) is 16.7 Å². The van der Waals surface area contributed by atoms with E-state index in [2.05, 4.69) is 30.0 Å². The molecule has 2 amide bonds. The molecule has 28 heavy (non-hydrogen) atoms. The SMILES string of the molecule is CCC(C)c1ccc(OCC(=O)NNC(=S)NC(=O)c2ccccc2Cl)cc1. The highest BCUT2D eigenvalue weighted by Gasteiger charge is 2.11. The van der Waals surface area contributed by atoms with Crippen LogP contribution in [0.5, 0.6) is 5.75 Å². The number of amides is 2. The maximum Gasteiger partial charge on any atom is 0.276 e. The second-order valence-corrected chi connectivity index (χ2v) is 6.92.